The minimum atomic E-state index is -0.836. The lowest BCUT2D eigenvalue weighted by atomic mass is 9.92. The average Bonchev–Trinajstić information content (AvgIpc) is 3.01. The molecule has 0 spiro atoms. The SMILES string of the molecule is COC1(C(=O)N2CCOC(c3noc(=O)[nH]3)C2)CCOCC1. The Hall–Kier alpha value is -1.71. The van der Waals surface area contributed by atoms with Crippen molar-refractivity contribution < 1.29 is 23.5 Å². The van der Waals surface area contributed by atoms with Crippen LogP contribution in [0.1, 0.15) is 24.8 Å². The van der Waals surface area contributed by atoms with Crippen LogP contribution in [0.15, 0.2) is 9.32 Å². The number of morpholine rings is 1. The minimum Gasteiger partial charge on any atom is -0.381 e. The van der Waals surface area contributed by atoms with Gasteiger partial charge in [0.2, 0.25) is 0 Å². The van der Waals surface area contributed by atoms with Crippen molar-refractivity contribution in [3.8, 4) is 0 Å². The van der Waals surface area contributed by atoms with Gasteiger partial charge in [-0.15, -0.1) is 0 Å². The van der Waals surface area contributed by atoms with E-state index in [9.17, 15) is 9.59 Å². The van der Waals surface area contributed by atoms with Gasteiger partial charge in [0.1, 0.15) is 6.10 Å². The van der Waals surface area contributed by atoms with Crippen molar-refractivity contribution in [2.24, 2.45) is 0 Å². The van der Waals surface area contributed by atoms with E-state index < -0.39 is 17.5 Å². The highest BCUT2D eigenvalue weighted by molar-refractivity contribution is 5.85. The van der Waals surface area contributed by atoms with E-state index in [1.54, 1.807) is 12.0 Å². The standard InChI is InChI=1S/C13H19N3O6/c1-19-13(2-5-20-6-3-13)11(17)16-4-7-21-9(8-16)10-14-12(18)22-15-10/h9H,2-8H2,1H3,(H,14,15,18). The number of hydrogen-bond acceptors (Lipinski definition) is 7. The van der Waals surface area contributed by atoms with Gasteiger partial charge in [-0.3, -0.25) is 14.3 Å². The van der Waals surface area contributed by atoms with Crippen LogP contribution in [0.2, 0.25) is 0 Å². The van der Waals surface area contributed by atoms with Crippen LogP contribution in [0.4, 0.5) is 0 Å². The summed E-state index contributed by atoms with van der Waals surface area (Å²) in [6.45, 7) is 2.14. The first kappa shape index (κ1) is 15.2. The molecule has 2 fully saturated rings. The van der Waals surface area contributed by atoms with Crippen molar-refractivity contribution in [2.75, 3.05) is 40.0 Å². The second-order valence-electron chi connectivity index (χ2n) is 5.40. The number of ether oxygens (including phenoxy) is 3. The zero-order valence-electron chi connectivity index (χ0n) is 12.4. The van der Waals surface area contributed by atoms with Crippen LogP contribution < -0.4 is 5.76 Å². The van der Waals surface area contributed by atoms with Crippen molar-refractivity contribution in [3.05, 3.63) is 16.4 Å². The zero-order valence-corrected chi connectivity index (χ0v) is 12.4. The fourth-order valence-electron chi connectivity index (χ4n) is 2.87. The molecule has 1 aromatic heterocycles. The molecule has 22 heavy (non-hydrogen) atoms. The molecule has 0 radical (unpaired) electrons. The van der Waals surface area contributed by atoms with Crippen LogP contribution in [-0.2, 0) is 19.0 Å². The van der Waals surface area contributed by atoms with E-state index in [0.29, 0.717) is 51.6 Å². The Balaban J connectivity index is 1.73. The smallest absolute Gasteiger partial charge is 0.381 e. The molecule has 3 heterocycles. The highest BCUT2D eigenvalue weighted by Gasteiger charge is 2.44. The van der Waals surface area contributed by atoms with E-state index in [2.05, 4.69) is 14.7 Å². The van der Waals surface area contributed by atoms with Crippen LogP contribution in [0.3, 0.4) is 0 Å². The van der Waals surface area contributed by atoms with Crippen LogP contribution in [0.25, 0.3) is 0 Å². The number of hydrogen-bond donors (Lipinski definition) is 1. The van der Waals surface area contributed by atoms with Gasteiger partial charge < -0.3 is 19.1 Å². The molecule has 2 saturated heterocycles. The summed E-state index contributed by atoms with van der Waals surface area (Å²) in [7, 11) is 1.55. The Kier molecular flexibility index (Phi) is 4.27. The quantitative estimate of drug-likeness (QED) is 0.798. The Morgan fingerprint density at radius 1 is 1.41 bits per heavy atom. The second kappa shape index (κ2) is 6.19. The van der Waals surface area contributed by atoms with E-state index >= 15 is 0 Å². The summed E-state index contributed by atoms with van der Waals surface area (Å²) in [6, 6.07) is 0. The largest absolute Gasteiger partial charge is 0.438 e. The van der Waals surface area contributed by atoms with Gasteiger partial charge in [0.05, 0.1) is 13.2 Å². The maximum atomic E-state index is 12.9. The average molecular weight is 313 g/mol. The van der Waals surface area contributed by atoms with Gasteiger partial charge in [0.25, 0.3) is 5.91 Å². The number of methoxy groups -OCH3 is 1. The van der Waals surface area contributed by atoms with Crippen LogP contribution in [0, 0.1) is 0 Å². The predicted octanol–water partition coefficient (Wildman–Crippen LogP) is -0.542. The van der Waals surface area contributed by atoms with E-state index in [0.717, 1.165) is 0 Å². The first-order valence-corrected chi connectivity index (χ1v) is 7.24. The van der Waals surface area contributed by atoms with Crippen molar-refractivity contribution in [1.82, 2.24) is 15.0 Å². The molecule has 2 aliphatic rings. The Labute approximate surface area is 126 Å². The summed E-state index contributed by atoms with van der Waals surface area (Å²) >= 11 is 0. The third-order valence-corrected chi connectivity index (χ3v) is 4.20. The Morgan fingerprint density at radius 3 is 2.82 bits per heavy atom. The van der Waals surface area contributed by atoms with E-state index in [1.807, 2.05) is 0 Å². The molecule has 9 heteroatoms. The summed E-state index contributed by atoms with van der Waals surface area (Å²) in [5, 5.41) is 3.63. The number of aromatic nitrogens is 2. The molecule has 122 valence electrons. The molecule has 1 aromatic rings. The summed E-state index contributed by atoms with van der Waals surface area (Å²) < 4.78 is 20.9. The maximum Gasteiger partial charge on any atom is 0.438 e. The Morgan fingerprint density at radius 2 is 2.18 bits per heavy atom. The molecular weight excluding hydrogens is 294 g/mol. The van der Waals surface area contributed by atoms with Gasteiger partial charge in [0.15, 0.2) is 11.4 Å². The third-order valence-electron chi connectivity index (χ3n) is 4.20. The van der Waals surface area contributed by atoms with Gasteiger partial charge in [-0.1, -0.05) is 5.16 Å². The van der Waals surface area contributed by atoms with Crippen molar-refractivity contribution in [2.45, 2.75) is 24.5 Å². The van der Waals surface area contributed by atoms with Gasteiger partial charge >= 0.3 is 5.76 Å². The monoisotopic (exact) mass is 313 g/mol. The van der Waals surface area contributed by atoms with Crippen LogP contribution in [0.5, 0.6) is 0 Å². The van der Waals surface area contributed by atoms with Crippen LogP contribution in [-0.4, -0.2) is 66.6 Å². The molecule has 0 bridgehead atoms. The summed E-state index contributed by atoms with van der Waals surface area (Å²) in [4.78, 5) is 28.1. The number of H-pyrrole nitrogens is 1. The molecular formula is C13H19N3O6. The molecule has 1 N–H and O–H groups in total. The van der Waals surface area contributed by atoms with Crippen molar-refractivity contribution >= 4 is 5.91 Å². The lowest BCUT2D eigenvalue weighted by molar-refractivity contribution is -0.173. The lowest BCUT2D eigenvalue weighted by Gasteiger charge is -2.41. The molecule has 9 nitrogen and oxygen atoms in total. The first-order valence-electron chi connectivity index (χ1n) is 7.24. The molecule has 1 unspecified atom stereocenters. The Bertz CT molecular complexity index is 576. The molecule has 0 aromatic carbocycles. The normalized spacial score (nSPS) is 25.1. The first-order chi connectivity index (χ1) is 10.6. The highest BCUT2D eigenvalue weighted by Crippen LogP contribution is 2.29. The number of rotatable bonds is 3. The zero-order chi connectivity index (χ0) is 15.6. The van der Waals surface area contributed by atoms with Gasteiger partial charge in [0, 0.05) is 39.7 Å². The van der Waals surface area contributed by atoms with E-state index in [-0.39, 0.29) is 5.91 Å². The molecule has 3 rings (SSSR count). The number of amides is 1. The van der Waals surface area contributed by atoms with Crippen molar-refractivity contribution in [3.63, 3.8) is 0 Å². The van der Waals surface area contributed by atoms with E-state index in [1.165, 1.54) is 0 Å². The van der Waals surface area contributed by atoms with Gasteiger partial charge in [-0.05, 0) is 0 Å². The van der Waals surface area contributed by atoms with Gasteiger partial charge in [-0.25, -0.2) is 4.79 Å². The number of nitrogens with one attached hydrogen (secondary N) is 1. The molecule has 1 amide bonds. The summed E-state index contributed by atoms with van der Waals surface area (Å²) in [5.41, 5.74) is -0.836. The molecule has 0 aliphatic carbocycles. The second-order valence-corrected chi connectivity index (χ2v) is 5.40. The molecule has 0 saturated carbocycles. The third kappa shape index (κ3) is 2.79. The number of carbonyl (C=O) groups excluding carboxylic acids is 1. The fourth-order valence-corrected chi connectivity index (χ4v) is 2.87. The number of aromatic amines is 1. The van der Waals surface area contributed by atoms with E-state index in [4.69, 9.17) is 14.2 Å². The van der Waals surface area contributed by atoms with Crippen LogP contribution >= 0.6 is 0 Å². The summed E-state index contributed by atoms with van der Waals surface area (Å²) in [5.74, 6) is -0.418. The maximum absolute atomic E-state index is 12.9. The topological polar surface area (TPSA) is 107 Å². The fraction of sp³-hybridized carbons (Fsp3) is 0.769. The lowest BCUT2D eigenvalue weighted by Crippen LogP contribution is -2.56. The predicted molar refractivity (Wildman–Crippen MR) is 72.2 cm³/mol. The summed E-state index contributed by atoms with van der Waals surface area (Å²) in [6.07, 6.45) is 0.564. The van der Waals surface area contributed by atoms with Crippen molar-refractivity contribution in [1.29, 1.82) is 0 Å². The minimum absolute atomic E-state index is 0.0718. The number of nitrogens with zero attached hydrogens (tertiary/aromatic N) is 2. The number of carbonyl (C=O) groups is 1. The van der Waals surface area contributed by atoms with Gasteiger partial charge in [-0.2, -0.15) is 0 Å². The molecule has 1 atom stereocenters. The molecule has 2 aliphatic heterocycles. The highest BCUT2D eigenvalue weighted by atomic mass is 16.5.